The summed E-state index contributed by atoms with van der Waals surface area (Å²) >= 11 is 0. The molecule has 110 valence electrons. The first-order valence-electron chi connectivity index (χ1n) is 7.48. The molecular formula is C17H20N2O2. The number of rotatable bonds is 3. The highest BCUT2D eigenvalue weighted by Crippen LogP contribution is 2.32. The van der Waals surface area contributed by atoms with Crippen LogP contribution in [0.1, 0.15) is 31.7 Å². The SMILES string of the molecule is CC(=O)Nc1ccc(CC(=O)N2[C@H]3CC=C[C@H]2CC3)cc1. The van der Waals surface area contributed by atoms with Crippen molar-refractivity contribution in [1.29, 1.82) is 0 Å². The van der Waals surface area contributed by atoms with Gasteiger partial charge in [0, 0.05) is 18.7 Å². The van der Waals surface area contributed by atoms with Crippen molar-refractivity contribution in [3.8, 4) is 0 Å². The number of carbonyl (C=O) groups excluding carboxylic acids is 2. The smallest absolute Gasteiger partial charge is 0.227 e. The highest BCUT2D eigenvalue weighted by molar-refractivity contribution is 5.88. The van der Waals surface area contributed by atoms with Gasteiger partial charge in [-0.2, -0.15) is 0 Å². The summed E-state index contributed by atoms with van der Waals surface area (Å²) in [4.78, 5) is 25.6. The van der Waals surface area contributed by atoms with Gasteiger partial charge in [0.25, 0.3) is 0 Å². The lowest BCUT2D eigenvalue weighted by atomic mass is 10.1. The van der Waals surface area contributed by atoms with Gasteiger partial charge in [0.1, 0.15) is 0 Å². The zero-order chi connectivity index (χ0) is 14.8. The Morgan fingerprint density at radius 2 is 2.00 bits per heavy atom. The second-order valence-electron chi connectivity index (χ2n) is 5.82. The molecule has 4 nitrogen and oxygen atoms in total. The fourth-order valence-corrected chi connectivity index (χ4v) is 3.29. The van der Waals surface area contributed by atoms with Crippen LogP contribution in [-0.2, 0) is 16.0 Å². The summed E-state index contributed by atoms with van der Waals surface area (Å²) in [5, 5.41) is 2.73. The first kappa shape index (κ1) is 13.9. The molecule has 1 fully saturated rings. The fourth-order valence-electron chi connectivity index (χ4n) is 3.29. The van der Waals surface area contributed by atoms with Crippen molar-refractivity contribution in [2.45, 2.75) is 44.7 Å². The van der Waals surface area contributed by atoms with Gasteiger partial charge in [-0.3, -0.25) is 9.59 Å². The lowest BCUT2D eigenvalue weighted by Crippen LogP contribution is -2.42. The maximum absolute atomic E-state index is 12.5. The maximum atomic E-state index is 12.5. The van der Waals surface area contributed by atoms with Gasteiger partial charge in [-0.1, -0.05) is 24.3 Å². The van der Waals surface area contributed by atoms with Crippen LogP contribution >= 0.6 is 0 Å². The van der Waals surface area contributed by atoms with Gasteiger partial charge in [-0.15, -0.1) is 0 Å². The van der Waals surface area contributed by atoms with Crippen LogP contribution < -0.4 is 5.32 Å². The number of fused-ring (bicyclic) bond motifs is 2. The Balaban J connectivity index is 1.65. The van der Waals surface area contributed by atoms with Crippen molar-refractivity contribution < 1.29 is 9.59 Å². The summed E-state index contributed by atoms with van der Waals surface area (Å²) in [5.74, 6) is 0.120. The molecule has 1 saturated heterocycles. The van der Waals surface area contributed by atoms with Crippen molar-refractivity contribution in [3.05, 3.63) is 42.0 Å². The zero-order valence-corrected chi connectivity index (χ0v) is 12.2. The normalized spacial score (nSPS) is 23.2. The molecule has 0 aromatic heterocycles. The van der Waals surface area contributed by atoms with Crippen LogP contribution in [-0.4, -0.2) is 28.8 Å². The van der Waals surface area contributed by atoms with Crippen molar-refractivity contribution in [2.75, 3.05) is 5.32 Å². The second kappa shape index (κ2) is 5.72. The molecule has 4 heteroatoms. The highest BCUT2D eigenvalue weighted by Gasteiger charge is 2.36. The van der Waals surface area contributed by atoms with Crippen molar-refractivity contribution in [3.63, 3.8) is 0 Å². The van der Waals surface area contributed by atoms with Gasteiger partial charge < -0.3 is 10.2 Å². The van der Waals surface area contributed by atoms with Gasteiger partial charge in [0.2, 0.25) is 11.8 Å². The van der Waals surface area contributed by atoms with E-state index in [-0.39, 0.29) is 11.8 Å². The summed E-state index contributed by atoms with van der Waals surface area (Å²) < 4.78 is 0. The maximum Gasteiger partial charge on any atom is 0.227 e. The van der Waals surface area contributed by atoms with E-state index in [2.05, 4.69) is 22.4 Å². The Labute approximate surface area is 124 Å². The van der Waals surface area contributed by atoms with Gasteiger partial charge in [0.15, 0.2) is 0 Å². The van der Waals surface area contributed by atoms with E-state index in [4.69, 9.17) is 0 Å². The first-order valence-corrected chi connectivity index (χ1v) is 7.48. The number of amides is 2. The van der Waals surface area contributed by atoms with Crippen LogP contribution in [0.15, 0.2) is 36.4 Å². The lowest BCUT2D eigenvalue weighted by Gasteiger charge is -2.31. The summed E-state index contributed by atoms with van der Waals surface area (Å²) in [5.41, 5.74) is 1.75. The molecular weight excluding hydrogens is 264 g/mol. The Kier molecular flexibility index (Phi) is 3.78. The van der Waals surface area contributed by atoms with E-state index < -0.39 is 0 Å². The lowest BCUT2D eigenvalue weighted by molar-refractivity contribution is -0.132. The molecule has 0 aliphatic carbocycles. The topological polar surface area (TPSA) is 49.4 Å². The van der Waals surface area contributed by atoms with E-state index >= 15 is 0 Å². The second-order valence-corrected chi connectivity index (χ2v) is 5.82. The number of hydrogen-bond donors (Lipinski definition) is 1. The minimum Gasteiger partial charge on any atom is -0.333 e. The quantitative estimate of drug-likeness (QED) is 0.867. The number of carbonyl (C=O) groups is 2. The number of anilines is 1. The molecule has 0 saturated carbocycles. The van der Waals surface area contributed by atoms with Crippen LogP contribution in [0.2, 0.25) is 0 Å². The van der Waals surface area contributed by atoms with E-state index in [0.717, 1.165) is 30.5 Å². The zero-order valence-electron chi connectivity index (χ0n) is 12.2. The number of benzene rings is 1. The number of hydrogen-bond acceptors (Lipinski definition) is 2. The highest BCUT2D eigenvalue weighted by atomic mass is 16.2. The molecule has 2 amide bonds. The Morgan fingerprint density at radius 1 is 1.24 bits per heavy atom. The Morgan fingerprint density at radius 3 is 2.67 bits per heavy atom. The standard InChI is InChI=1S/C17H20N2O2/c1-12(20)18-14-7-5-13(6-8-14)11-17(21)19-15-3-2-4-16(19)10-9-15/h2-3,5-8,15-16H,4,9-11H2,1H3,(H,18,20)/t15-,16-/m0/s1. The van der Waals surface area contributed by atoms with Crippen LogP contribution in [0, 0.1) is 0 Å². The average Bonchev–Trinajstić information content (AvgIpc) is 2.70. The summed E-state index contributed by atoms with van der Waals surface area (Å²) in [7, 11) is 0. The van der Waals surface area contributed by atoms with Crippen molar-refractivity contribution in [2.24, 2.45) is 0 Å². The molecule has 21 heavy (non-hydrogen) atoms. The van der Waals surface area contributed by atoms with Crippen LogP contribution in [0.3, 0.4) is 0 Å². The number of nitrogens with zero attached hydrogens (tertiary/aromatic N) is 1. The van der Waals surface area contributed by atoms with E-state index in [9.17, 15) is 9.59 Å². The molecule has 1 N–H and O–H groups in total. The van der Waals surface area contributed by atoms with E-state index in [0.29, 0.717) is 18.5 Å². The molecule has 2 aliphatic heterocycles. The van der Waals surface area contributed by atoms with E-state index in [1.807, 2.05) is 24.3 Å². The van der Waals surface area contributed by atoms with E-state index in [1.54, 1.807) is 0 Å². The van der Waals surface area contributed by atoms with Gasteiger partial charge in [-0.25, -0.2) is 0 Å². The van der Waals surface area contributed by atoms with Crippen LogP contribution in [0.25, 0.3) is 0 Å². The Hall–Kier alpha value is -2.10. The van der Waals surface area contributed by atoms with Crippen molar-refractivity contribution in [1.82, 2.24) is 4.90 Å². The predicted molar refractivity (Wildman–Crippen MR) is 81.9 cm³/mol. The summed E-state index contributed by atoms with van der Waals surface area (Å²) in [6.07, 6.45) is 8.00. The molecule has 0 spiro atoms. The van der Waals surface area contributed by atoms with E-state index in [1.165, 1.54) is 6.92 Å². The molecule has 0 unspecified atom stereocenters. The molecule has 2 aliphatic rings. The van der Waals surface area contributed by atoms with Crippen LogP contribution in [0.5, 0.6) is 0 Å². The van der Waals surface area contributed by atoms with Gasteiger partial charge in [0.05, 0.1) is 12.5 Å². The summed E-state index contributed by atoms with van der Waals surface area (Å²) in [6.45, 7) is 1.48. The summed E-state index contributed by atoms with van der Waals surface area (Å²) in [6, 6.07) is 8.19. The molecule has 3 rings (SSSR count). The van der Waals surface area contributed by atoms with Gasteiger partial charge in [-0.05, 0) is 37.0 Å². The molecule has 1 aromatic carbocycles. The Bertz CT molecular complexity index is 577. The van der Waals surface area contributed by atoms with Crippen molar-refractivity contribution >= 4 is 17.5 Å². The average molecular weight is 284 g/mol. The molecule has 1 aromatic rings. The molecule has 2 bridgehead atoms. The minimum atomic E-state index is -0.0875. The molecule has 2 heterocycles. The monoisotopic (exact) mass is 284 g/mol. The largest absolute Gasteiger partial charge is 0.333 e. The number of nitrogens with one attached hydrogen (secondary N) is 1. The fraction of sp³-hybridized carbons (Fsp3) is 0.412. The van der Waals surface area contributed by atoms with Gasteiger partial charge >= 0.3 is 0 Å². The van der Waals surface area contributed by atoms with Crippen LogP contribution in [0.4, 0.5) is 5.69 Å². The molecule has 0 radical (unpaired) electrons. The third-order valence-corrected chi connectivity index (χ3v) is 4.23. The third-order valence-electron chi connectivity index (χ3n) is 4.23. The first-order chi connectivity index (χ1) is 10.1. The molecule has 2 atom stereocenters. The minimum absolute atomic E-state index is 0.0875. The third kappa shape index (κ3) is 2.99. The predicted octanol–water partition coefficient (Wildman–Crippen LogP) is 2.51.